The number of nitrogens with two attached hydrogens (primary N) is 1. The number of aromatic nitrogens is 2. The summed E-state index contributed by atoms with van der Waals surface area (Å²) in [5.74, 6) is 0.580. The van der Waals surface area contributed by atoms with Gasteiger partial charge in [0, 0.05) is 6.20 Å². The molecule has 0 aliphatic carbocycles. The number of rotatable bonds is 4. The molecule has 14 heavy (non-hydrogen) atoms. The Morgan fingerprint density at radius 1 is 1.50 bits per heavy atom. The molecule has 1 rings (SSSR count). The largest absolute Gasteiger partial charge is 0.394 e. The van der Waals surface area contributed by atoms with Crippen LogP contribution in [0.1, 0.15) is 0 Å². The molecule has 0 saturated carbocycles. The van der Waals surface area contributed by atoms with Crippen LogP contribution in [0.4, 0.5) is 11.8 Å². The van der Waals surface area contributed by atoms with Crippen molar-refractivity contribution in [3.8, 4) is 0 Å². The first-order chi connectivity index (χ1) is 6.67. The smallest absolute Gasteiger partial charge is 0.221 e. The first-order valence-corrected chi connectivity index (χ1v) is 4.73. The summed E-state index contributed by atoms with van der Waals surface area (Å²) in [4.78, 5) is 7.65. The standard InChI is InChI=1S/C7H11BrN4O2/c8-5-1-10-7(9)12-6(5)11-4(2-13)3-14/h1,4,13-14H,2-3H2,(H3,9,10,11,12). The molecule has 5 N–H and O–H groups in total. The van der Waals surface area contributed by atoms with Crippen LogP contribution >= 0.6 is 15.9 Å². The molecular formula is C7H11BrN4O2. The molecule has 1 heterocycles. The summed E-state index contributed by atoms with van der Waals surface area (Å²) in [7, 11) is 0. The molecule has 0 aromatic carbocycles. The zero-order chi connectivity index (χ0) is 10.6. The SMILES string of the molecule is Nc1ncc(Br)c(NC(CO)CO)n1. The molecule has 0 atom stereocenters. The van der Waals surface area contributed by atoms with Crippen molar-refractivity contribution < 1.29 is 10.2 Å². The lowest BCUT2D eigenvalue weighted by molar-refractivity contribution is 0.203. The van der Waals surface area contributed by atoms with Crippen molar-refractivity contribution in [1.82, 2.24) is 9.97 Å². The van der Waals surface area contributed by atoms with Crippen molar-refractivity contribution in [3.63, 3.8) is 0 Å². The van der Waals surface area contributed by atoms with E-state index >= 15 is 0 Å². The van der Waals surface area contributed by atoms with Crippen molar-refractivity contribution in [1.29, 1.82) is 0 Å². The van der Waals surface area contributed by atoms with Crippen LogP contribution in [0.5, 0.6) is 0 Å². The Bertz CT molecular complexity index is 306. The van der Waals surface area contributed by atoms with E-state index in [9.17, 15) is 0 Å². The molecule has 0 aliphatic rings. The van der Waals surface area contributed by atoms with E-state index in [4.69, 9.17) is 15.9 Å². The molecule has 6 nitrogen and oxygen atoms in total. The van der Waals surface area contributed by atoms with E-state index in [0.717, 1.165) is 0 Å². The van der Waals surface area contributed by atoms with E-state index in [2.05, 4.69) is 31.2 Å². The van der Waals surface area contributed by atoms with Gasteiger partial charge in [-0.15, -0.1) is 0 Å². The lowest BCUT2D eigenvalue weighted by Gasteiger charge is -2.14. The molecule has 1 aromatic heterocycles. The van der Waals surface area contributed by atoms with Gasteiger partial charge in [0.25, 0.3) is 0 Å². The van der Waals surface area contributed by atoms with Gasteiger partial charge in [-0.05, 0) is 15.9 Å². The predicted molar refractivity (Wildman–Crippen MR) is 55.7 cm³/mol. The van der Waals surface area contributed by atoms with Gasteiger partial charge in [0.15, 0.2) is 0 Å². The number of halogens is 1. The summed E-state index contributed by atoms with van der Waals surface area (Å²) >= 11 is 3.21. The first kappa shape index (κ1) is 11.2. The Balaban J connectivity index is 2.79. The summed E-state index contributed by atoms with van der Waals surface area (Å²) in [6.45, 7) is -0.375. The molecule has 0 fully saturated rings. The second kappa shape index (κ2) is 5.08. The number of aliphatic hydroxyl groups is 2. The molecule has 0 amide bonds. The molecule has 0 bridgehead atoms. The van der Waals surface area contributed by atoms with E-state index in [0.29, 0.717) is 10.3 Å². The van der Waals surface area contributed by atoms with Crippen molar-refractivity contribution in [2.45, 2.75) is 6.04 Å². The molecule has 1 aromatic rings. The van der Waals surface area contributed by atoms with Gasteiger partial charge >= 0.3 is 0 Å². The number of aliphatic hydroxyl groups excluding tert-OH is 2. The van der Waals surface area contributed by atoms with Gasteiger partial charge < -0.3 is 21.3 Å². The highest BCUT2D eigenvalue weighted by Gasteiger charge is 2.09. The fourth-order valence-electron chi connectivity index (χ4n) is 0.824. The first-order valence-electron chi connectivity index (χ1n) is 3.93. The van der Waals surface area contributed by atoms with Crippen LogP contribution in [0.3, 0.4) is 0 Å². The van der Waals surface area contributed by atoms with Crippen molar-refractivity contribution in [3.05, 3.63) is 10.7 Å². The third-order valence-electron chi connectivity index (χ3n) is 1.54. The zero-order valence-corrected chi connectivity index (χ0v) is 8.90. The average molecular weight is 263 g/mol. The molecule has 7 heteroatoms. The second-order valence-electron chi connectivity index (χ2n) is 2.63. The van der Waals surface area contributed by atoms with Crippen molar-refractivity contribution in [2.24, 2.45) is 0 Å². The summed E-state index contributed by atoms with van der Waals surface area (Å²) < 4.78 is 0.624. The number of hydrogen-bond donors (Lipinski definition) is 4. The van der Waals surface area contributed by atoms with Crippen LogP contribution < -0.4 is 11.1 Å². The monoisotopic (exact) mass is 262 g/mol. The van der Waals surface area contributed by atoms with E-state index in [1.165, 1.54) is 6.20 Å². The third kappa shape index (κ3) is 2.79. The molecule has 0 spiro atoms. The van der Waals surface area contributed by atoms with Crippen molar-refractivity contribution >= 4 is 27.7 Å². The quantitative estimate of drug-likeness (QED) is 0.588. The Hall–Kier alpha value is -0.920. The van der Waals surface area contributed by atoms with Crippen molar-refractivity contribution in [2.75, 3.05) is 24.3 Å². The van der Waals surface area contributed by atoms with Gasteiger partial charge in [-0.3, -0.25) is 0 Å². The minimum atomic E-state index is -0.458. The fourth-order valence-corrected chi connectivity index (χ4v) is 1.13. The number of nitrogens with one attached hydrogen (secondary N) is 1. The highest BCUT2D eigenvalue weighted by atomic mass is 79.9. The van der Waals surface area contributed by atoms with Crippen LogP contribution in [0.15, 0.2) is 10.7 Å². The van der Waals surface area contributed by atoms with Crippen LogP contribution in [0, 0.1) is 0 Å². The summed E-state index contributed by atoms with van der Waals surface area (Å²) in [6.07, 6.45) is 1.50. The van der Waals surface area contributed by atoms with E-state index < -0.39 is 6.04 Å². The summed E-state index contributed by atoms with van der Waals surface area (Å²) in [5, 5.41) is 20.5. The number of hydrogen-bond acceptors (Lipinski definition) is 6. The zero-order valence-electron chi connectivity index (χ0n) is 7.31. The number of anilines is 2. The number of nitrogens with zero attached hydrogens (tertiary/aromatic N) is 2. The molecule has 78 valence electrons. The fraction of sp³-hybridized carbons (Fsp3) is 0.429. The molecule has 0 aliphatic heterocycles. The molecule has 0 saturated heterocycles. The second-order valence-corrected chi connectivity index (χ2v) is 3.49. The Labute approximate surface area is 89.3 Å². The van der Waals surface area contributed by atoms with Gasteiger partial charge in [0.2, 0.25) is 5.95 Å². The normalized spacial score (nSPS) is 10.6. The maximum atomic E-state index is 8.84. The van der Waals surface area contributed by atoms with Gasteiger partial charge in [0.05, 0.1) is 23.7 Å². The topological polar surface area (TPSA) is 104 Å². The number of nitrogen functional groups attached to an aromatic ring is 1. The van der Waals surface area contributed by atoms with E-state index in [1.807, 2.05) is 0 Å². The lowest BCUT2D eigenvalue weighted by atomic mass is 10.3. The third-order valence-corrected chi connectivity index (χ3v) is 2.12. The average Bonchev–Trinajstić information content (AvgIpc) is 2.19. The minimum Gasteiger partial charge on any atom is -0.394 e. The van der Waals surface area contributed by atoms with Crippen LogP contribution in [0.2, 0.25) is 0 Å². The Morgan fingerprint density at radius 3 is 2.71 bits per heavy atom. The maximum absolute atomic E-state index is 8.84. The maximum Gasteiger partial charge on any atom is 0.221 e. The van der Waals surface area contributed by atoms with Crippen LogP contribution in [0.25, 0.3) is 0 Å². The predicted octanol–water partition coefficient (Wildman–Crippen LogP) is -0.414. The Morgan fingerprint density at radius 2 is 2.14 bits per heavy atom. The lowest BCUT2D eigenvalue weighted by Crippen LogP contribution is -2.28. The van der Waals surface area contributed by atoms with Gasteiger partial charge in [0.1, 0.15) is 5.82 Å². The molecule has 0 unspecified atom stereocenters. The van der Waals surface area contributed by atoms with Crippen LogP contribution in [-0.4, -0.2) is 39.4 Å². The Kier molecular flexibility index (Phi) is 4.05. The van der Waals surface area contributed by atoms with Crippen LogP contribution in [-0.2, 0) is 0 Å². The highest BCUT2D eigenvalue weighted by molar-refractivity contribution is 9.10. The minimum absolute atomic E-state index is 0.130. The highest BCUT2D eigenvalue weighted by Crippen LogP contribution is 2.19. The summed E-state index contributed by atoms with van der Waals surface area (Å²) in [6, 6.07) is -0.458. The molecular weight excluding hydrogens is 252 g/mol. The van der Waals surface area contributed by atoms with E-state index in [1.54, 1.807) is 0 Å². The molecule has 0 radical (unpaired) electrons. The summed E-state index contributed by atoms with van der Waals surface area (Å²) in [5.41, 5.74) is 5.38. The van der Waals surface area contributed by atoms with Gasteiger partial charge in [-0.2, -0.15) is 4.98 Å². The van der Waals surface area contributed by atoms with E-state index in [-0.39, 0.29) is 19.2 Å². The van der Waals surface area contributed by atoms with Gasteiger partial charge in [-0.1, -0.05) is 0 Å². The van der Waals surface area contributed by atoms with Gasteiger partial charge in [-0.25, -0.2) is 4.98 Å².